The molecule has 0 fully saturated rings. The lowest BCUT2D eigenvalue weighted by Crippen LogP contribution is -2.32. The van der Waals surface area contributed by atoms with Gasteiger partial charge >= 0.3 is 0 Å². The SMILES string of the molecule is CCCNc1ncc(F)c(N(C)C(C)Cc2cccs2)n1. The van der Waals surface area contributed by atoms with Crippen molar-refractivity contribution < 1.29 is 4.39 Å². The summed E-state index contributed by atoms with van der Waals surface area (Å²) in [4.78, 5) is 11.4. The second kappa shape index (κ2) is 7.36. The lowest BCUT2D eigenvalue weighted by Gasteiger charge is -2.26. The Morgan fingerprint density at radius 1 is 1.48 bits per heavy atom. The predicted octanol–water partition coefficient (Wildman–Crippen LogP) is 3.57. The molecule has 0 radical (unpaired) electrons. The van der Waals surface area contributed by atoms with Crippen molar-refractivity contribution in [1.29, 1.82) is 0 Å². The predicted molar refractivity (Wildman–Crippen MR) is 86.7 cm³/mol. The van der Waals surface area contributed by atoms with Crippen molar-refractivity contribution in [2.24, 2.45) is 0 Å². The summed E-state index contributed by atoms with van der Waals surface area (Å²) in [5.74, 6) is 0.425. The van der Waals surface area contributed by atoms with Crippen LogP contribution in [0, 0.1) is 5.82 Å². The van der Waals surface area contributed by atoms with Gasteiger partial charge in [0.05, 0.1) is 6.20 Å². The van der Waals surface area contributed by atoms with Gasteiger partial charge in [0.25, 0.3) is 0 Å². The molecule has 4 nitrogen and oxygen atoms in total. The van der Waals surface area contributed by atoms with Crippen LogP contribution in [0.2, 0.25) is 0 Å². The molecule has 2 heterocycles. The summed E-state index contributed by atoms with van der Waals surface area (Å²) in [5, 5.41) is 5.14. The Kier molecular flexibility index (Phi) is 5.50. The van der Waals surface area contributed by atoms with Crippen molar-refractivity contribution >= 4 is 23.1 Å². The molecule has 21 heavy (non-hydrogen) atoms. The van der Waals surface area contributed by atoms with Gasteiger partial charge in [0.1, 0.15) is 0 Å². The zero-order chi connectivity index (χ0) is 15.2. The zero-order valence-corrected chi connectivity index (χ0v) is 13.5. The maximum absolute atomic E-state index is 14.0. The second-order valence-electron chi connectivity index (χ2n) is 5.04. The van der Waals surface area contributed by atoms with Gasteiger partial charge < -0.3 is 10.2 Å². The summed E-state index contributed by atoms with van der Waals surface area (Å²) in [6, 6.07) is 4.29. The average molecular weight is 308 g/mol. The van der Waals surface area contributed by atoms with Gasteiger partial charge in [0, 0.05) is 30.9 Å². The lowest BCUT2D eigenvalue weighted by atomic mass is 10.2. The maximum Gasteiger partial charge on any atom is 0.224 e. The molecule has 0 spiro atoms. The number of halogens is 1. The highest BCUT2D eigenvalue weighted by molar-refractivity contribution is 7.09. The van der Waals surface area contributed by atoms with Crippen molar-refractivity contribution in [3.05, 3.63) is 34.4 Å². The molecule has 0 saturated heterocycles. The topological polar surface area (TPSA) is 41.1 Å². The van der Waals surface area contributed by atoms with E-state index in [4.69, 9.17) is 0 Å². The molecule has 0 aliphatic carbocycles. The highest BCUT2D eigenvalue weighted by Gasteiger charge is 2.17. The third-order valence-electron chi connectivity index (χ3n) is 3.33. The van der Waals surface area contributed by atoms with E-state index in [1.165, 1.54) is 11.1 Å². The fourth-order valence-corrected chi connectivity index (χ4v) is 2.82. The van der Waals surface area contributed by atoms with Crippen molar-refractivity contribution in [3.63, 3.8) is 0 Å². The molecule has 0 bridgehead atoms. The minimum absolute atomic E-state index is 0.159. The largest absolute Gasteiger partial charge is 0.354 e. The fraction of sp³-hybridized carbons (Fsp3) is 0.467. The first kappa shape index (κ1) is 15.7. The van der Waals surface area contributed by atoms with Crippen molar-refractivity contribution in [2.75, 3.05) is 23.8 Å². The molecule has 114 valence electrons. The van der Waals surface area contributed by atoms with Gasteiger partial charge in [-0.3, -0.25) is 0 Å². The Morgan fingerprint density at radius 3 is 2.95 bits per heavy atom. The van der Waals surface area contributed by atoms with Crippen molar-refractivity contribution in [2.45, 2.75) is 32.7 Å². The molecule has 1 atom stereocenters. The first-order chi connectivity index (χ1) is 10.1. The Bertz CT molecular complexity index is 559. The molecule has 0 aliphatic heterocycles. The number of aromatic nitrogens is 2. The fourth-order valence-electron chi connectivity index (χ4n) is 1.99. The molecule has 0 aliphatic rings. The molecule has 2 rings (SSSR count). The van der Waals surface area contributed by atoms with E-state index in [1.807, 2.05) is 18.0 Å². The quantitative estimate of drug-likeness (QED) is 0.849. The Labute approximate surface area is 129 Å². The summed E-state index contributed by atoms with van der Waals surface area (Å²) in [5.41, 5.74) is 0. The number of thiophene rings is 1. The Balaban J connectivity index is 2.11. The molecule has 1 N–H and O–H groups in total. The van der Waals surface area contributed by atoms with Crippen LogP contribution in [0.4, 0.5) is 16.2 Å². The second-order valence-corrected chi connectivity index (χ2v) is 6.07. The van der Waals surface area contributed by atoms with Crippen LogP contribution in [0.15, 0.2) is 23.7 Å². The van der Waals surface area contributed by atoms with E-state index in [2.05, 4.69) is 40.6 Å². The number of hydrogen-bond donors (Lipinski definition) is 1. The van der Waals surface area contributed by atoms with Gasteiger partial charge in [-0.25, -0.2) is 9.37 Å². The standard InChI is InChI=1S/C15H21FN4S/c1-4-7-17-15-18-10-13(16)14(19-15)20(3)11(2)9-12-6-5-8-21-12/h5-6,8,10-11H,4,7,9H2,1-3H3,(H,17,18,19). The Hall–Kier alpha value is -1.69. The maximum atomic E-state index is 14.0. The third-order valence-corrected chi connectivity index (χ3v) is 4.23. The van der Waals surface area contributed by atoms with Crippen molar-refractivity contribution in [3.8, 4) is 0 Å². The van der Waals surface area contributed by atoms with E-state index in [0.717, 1.165) is 19.4 Å². The number of hydrogen-bond acceptors (Lipinski definition) is 5. The molecule has 1 unspecified atom stereocenters. The summed E-state index contributed by atoms with van der Waals surface area (Å²) in [7, 11) is 1.87. The van der Waals surface area contributed by atoms with Crippen LogP contribution in [0.5, 0.6) is 0 Å². The molecule has 6 heteroatoms. The molecule has 0 aromatic carbocycles. The van der Waals surface area contributed by atoms with E-state index in [-0.39, 0.29) is 6.04 Å². The zero-order valence-electron chi connectivity index (χ0n) is 12.6. The monoisotopic (exact) mass is 308 g/mol. The number of nitrogens with zero attached hydrogens (tertiary/aromatic N) is 3. The molecular weight excluding hydrogens is 287 g/mol. The van der Waals surface area contributed by atoms with Gasteiger partial charge in [-0.2, -0.15) is 4.98 Å². The first-order valence-electron chi connectivity index (χ1n) is 7.13. The van der Waals surface area contributed by atoms with Crippen molar-refractivity contribution in [1.82, 2.24) is 9.97 Å². The summed E-state index contributed by atoms with van der Waals surface area (Å²) < 4.78 is 14.0. The molecular formula is C15H21FN4S. The average Bonchev–Trinajstić information content (AvgIpc) is 2.98. The van der Waals surface area contributed by atoms with Gasteiger partial charge in [0.2, 0.25) is 5.95 Å². The molecule has 0 amide bonds. The first-order valence-corrected chi connectivity index (χ1v) is 8.01. The van der Waals surface area contributed by atoms with Crippen LogP contribution < -0.4 is 10.2 Å². The van der Waals surface area contributed by atoms with Crippen LogP contribution in [0.25, 0.3) is 0 Å². The summed E-state index contributed by atoms with van der Waals surface area (Å²) >= 11 is 1.72. The number of nitrogens with one attached hydrogen (secondary N) is 1. The van der Waals surface area contributed by atoms with Gasteiger partial charge in [-0.05, 0) is 24.8 Å². The number of rotatable bonds is 7. The van der Waals surface area contributed by atoms with Crippen LogP contribution in [0.3, 0.4) is 0 Å². The van der Waals surface area contributed by atoms with E-state index in [9.17, 15) is 4.39 Å². The summed E-state index contributed by atoms with van der Waals surface area (Å²) in [6.07, 6.45) is 3.07. The number of likely N-dealkylation sites (N-methyl/N-ethyl adjacent to an activating group) is 1. The van der Waals surface area contributed by atoms with Crippen LogP contribution >= 0.6 is 11.3 Å². The van der Waals surface area contributed by atoms with Gasteiger partial charge in [-0.1, -0.05) is 13.0 Å². The lowest BCUT2D eigenvalue weighted by molar-refractivity contribution is 0.589. The minimum atomic E-state index is -0.391. The van der Waals surface area contributed by atoms with E-state index >= 15 is 0 Å². The molecule has 2 aromatic rings. The van der Waals surface area contributed by atoms with E-state index in [1.54, 1.807) is 11.3 Å². The molecule has 2 aromatic heterocycles. The Morgan fingerprint density at radius 2 is 2.29 bits per heavy atom. The molecule has 0 saturated carbocycles. The van der Waals surface area contributed by atoms with Crippen LogP contribution in [0.1, 0.15) is 25.1 Å². The summed E-state index contributed by atoms with van der Waals surface area (Å²) in [6.45, 7) is 4.91. The van der Waals surface area contributed by atoms with E-state index < -0.39 is 5.82 Å². The van der Waals surface area contributed by atoms with Gasteiger partial charge in [0.15, 0.2) is 11.6 Å². The highest BCUT2D eigenvalue weighted by Crippen LogP contribution is 2.21. The number of anilines is 2. The van der Waals surface area contributed by atoms with Crippen LogP contribution in [-0.2, 0) is 6.42 Å². The third kappa shape index (κ3) is 4.14. The minimum Gasteiger partial charge on any atom is -0.354 e. The van der Waals surface area contributed by atoms with Gasteiger partial charge in [-0.15, -0.1) is 11.3 Å². The van der Waals surface area contributed by atoms with E-state index in [0.29, 0.717) is 11.8 Å². The normalized spacial score (nSPS) is 12.2. The smallest absolute Gasteiger partial charge is 0.224 e. The highest BCUT2D eigenvalue weighted by atomic mass is 32.1. The van der Waals surface area contributed by atoms with Crippen LogP contribution in [-0.4, -0.2) is 29.6 Å².